The Morgan fingerprint density at radius 3 is 2.59 bits per heavy atom. The minimum absolute atomic E-state index is 0.125. The smallest absolute Gasteiger partial charge is 0.243 e. The second-order valence-electron chi connectivity index (χ2n) is 4.66. The Hall–Kier alpha value is -3.20. The lowest BCUT2D eigenvalue weighted by molar-refractivity contribution is -0.114. The predicted molar refractivity (Wildman–Crippen MR) is 80.8 cm³/mol. The van der Waals surface area contributed by atoms with Gasteiger partial charge in [0.05, 0.1) is 18.2 Å². The second-order valence-corrected chi connectivity index (χ2v) is 4.66. The molecule has 0 radical (unpaired) electrons. The van der Waals surface area contributed by atoms with Crippen LogP contribution in [0.5, 0.6) is 11.5 Å². The number of fused-ring (bicyclic) bond motifs is 1. The van der Waals surface area contributed by atoms with Gasteiger partial charge in [0, 0.05) is 17.4 Å². The number of nitriles is 1. The van der Waals surface area contributed by atoms with E-state index in [9.17, 15) is 4.79 Å². The number of ether oxygens (including phenoxy) is 2. The number of amides is 1. The molecule has 0 aromatic heterocycles. The number of hydrogen-bond donors (Lipinski definition) is 2. The molecule has 0 aliphatic carbocycles. The Labute approximate surface area is 127 Å². The van der Waals surface area contributed by atoms with E-state index >= 15 is 0 Å². The molecule has 110 valence electrons. The quantitative estimate of drug-likeness (QED) is 0.904. The van der Waals surface area contributed by atoms with Crippen molar-refractivity contribution in [3.05, 3.63) is 48.0 Å². The van der Waals surface area contributed by atoms with Crippen LogP contribution in [-0.4, -0.2) is 19.2 Å². The lowest BCUT2D eigenvalue weighted by Gasteiger charge is -2.08. The predicted octanol–water partition coefficient (Wildman–Crippen LogP) is 2.34. The van der Waals surface area contributed by atoms with Crippen molar-refractivity contribution in [3.63, 3.8) is 0 Å². The van der Waals surface area contributed by atoms with Crippen LogP contribution in [0.4, 0.5) is 11.4 Å². The fraction of sp³-hybridized carbons (Fsp3) is 0.125. The van der Waals surface area contributed by atoms with Crippen molar-refractivity contribution in [2.45, 2.75) is 0 Å². The Morgan fingerprint density at radius 1 is 1.09 bits per heavy atom. The molecule has 0 saturated carbocycles. The molecule has 2 aromatic rings. The summed E-state index contributed by atoms with van der Waals surface area (Å²) in [6, 6.07) is 14.2. The van der Waals surface area contributed by atoms with Crippen LogP contribution in [0.1, 0.15) is 5.56 Å². The van der Waals surface area contributed by atoms with Crippen LogP contribution in [0.3, 0.4) is 0 Å². The summed E-state index contributed by atoms with van der Waals surface area (Å²) in [5.74, 6) is 1.12. The second kappa shape index (κ2) is 6.06. The number of carbonyl (C=O) groups is 1. The molecule has 1 aliphatic heterocycles. The van der Waals surface area contributed by atoms with Crippen LogP contribution in [-0.2, 0) is 4.79 Å². The van der Waals surface area contributed by atoms with Crippen molar-refractivity contribution in [1.29, 1.82) is 5.26 Å². The molecule has 0 bridgehead atoms. The first kappa shape index (κ1) is 13.8. The zero-order chi connectivity index (χ0) is 15.4. The third kappa shape index (κ3) is 3.10. The first-order chi connectivity index (χ1) is 10.7. The maximum atomic E-state index is 11.9. The number of carbonyl (C=O) groups excluding carboxylic acids is 1. The van der Waals surface area contributed by atoms with Gasteiger partial charge in [-0.2, -0.15) is 5.26 Å². The lowest BCUT2D eigenvalue weighted by Crippen LogP contribution is -2.21. The van der Waals surface area contributed by atoms with Gasteiger partial charge in [-0.05, 0) is 36.4 Å². The summed E-state index contributed by atoms with van der Waals surface area (Å²) in [5, 5.41) is 14.5. The zero-order valence-electron chi connectivity index (χ0n) is 11.6. The highest BCUT2D eigenvalue weighted by Crippen LogP contribution is 2.34. The molecular formula is C16H13N3O3. The molecule has 1 amide bonds. The summed E-state index contributed by atoms with van der Waals surface area (Å²) in [5.41, 5.74) is 2.01. The number of nitrogens with one attached hydrogen (secondary N) is 2. The van der Waals surface area contributed by atoms with E-state index in [2.05, 4.69) is 10.6 Å². The van der Waals surface area contributed by atoms with E-state index in [1.165, 1.54) is 0 Å². The molecule has 2 aromatic carbocycles. The Balaban J connectivity index is 1.55. The van der Waals surface area contributed by atoms with E-state index < -0.39 is 0 Å². The van der Waals surface area contributed by atoms with Gasteiger partial charge in [-0.1, -0.05) is 0 Å². The van der Waals surface area contributed by atoms with Crippen LogP contribution < -0.4 is 20.1 Å². The number of benzene rings is 2. The normalized spacial score (nSPS) is 11.6. The maximum absolute atomic E-state index is 11.9. The highest BCUT2D eigenvalue weighted by atomic mass is 16.7. The van der Waals surface area contributed by atoms with Crippen LogP contribution in [0, 0.1) is 11.3 Å². The zero-order valence-corrected chi connectivity index (χ0v) is 11.6. The fourth-order valence-corrected chi connectivity index (χ4v) is 2.02. The van der Waals surface area contributed by atoms with Gasteiger partial charge in [0.2, 0.25) is 12.7 Å². The first-order valence-corrected chi connectivity index (χ1v) is 6.68. The number of nitrogens with zero attached hydrogens (tertiary/aromatic N) is 1. The van der Waals surface area contributed by atoms with E-state index in [1.807, 2.05) is 6.07 Å². The summed E-state index contributed by atoms with van der Waals surface area (Å²) >= 11 is 0. The van der Waals surface area contributed by atoms with Crippen molar-refractivity contribution in [1.82, 2.24) is 0 Å². The Morgan fingerprint density at radius 2 is 1.82 bits per heavy atom. The molecule has 1 aliphatic rings. The standard InChI is InChI=1S/C16H13N3O3/c17-8-11-1-3-12(4-2-11)18-9-16(20)19-13-5-6-14-15(7-13)22-10-21-14/h1-7,18H,9-10H2,(H,19,20). The van der Waals surface area contributed by atoms with Crippen molar-refractivity contribution >= 4 is 17.3 Å². The van der Waals surface area contributed by atoms with Crippen LogP contribution in [0.25, 0.3) is 0 Å². The molecular weight excluding hydrogens is 282 g/mol. The summed E-state index contributed by atoms with van der Waals surface area (Å²) in [6.07, 6.45) is 0. The van der Waals surface area contributed by atoms with E-state index in [0.717, 1.165) is 5.69 Å². The lowest BCUT2D eigenvalue weighted by atomic mass is 10.2. The molecule has 1 heterocycles. The number of rotatable bonds is 4. The third-order valence-corrected chi connectivity index (χ3v) is 3.12. The van der Waals surface area contributed by atoms with Gasteiger partial charge < -0.3 is 20.1 Å². The van der Waals surface area contributed by atoms with Gasteiger partial charge in [-0.3, -0.25) is 4.79 Å². The van der Waals surface area contributed by atoms with Crippen LogP contribution >= 0.6 is 0 Å². The molecule has 6 heteroatoms. The van der Waals surface area contributed by atoms with Crippen molar-refractivity contribution in [2.24, 2.45) is 0 Å². The van der Waals surface area contributed by atoms with Crippen molar-refractivity contribution < 1.29 is 14.3 Å². The minimum atomic E-state index is -0.178. The largest absolute Gasteiger partial charge is 0.454 e. The Kier molecular flexibility index (Phi) is 3.79. The fourth-order valence-electron chi connectivity index (χ4n) is 2.02. The highest BCUT2D eigenvalue weighted by Gasteiger charge is 2.14. The minimum Gasteiger partial charge on any atom is -0.454 e. The van der Waals surface area contributed by atoms with Crippen molar-refractivity contribution in [2.75, 3.05) is 24.0 Å². The van der Waals surface area contributed by atoms with E-state index in [4.69, 9.17) is 14.7 Å². The average molecular weight is 295 g/mol. The van der Waals surface area contributed by atoms with Crippen LogP contribution in [0.2, 0.25) is 0 Å². The summed E-state index contributed by atoms with van der Waals surface area (Å²) in [7, 11) is 0. The highest BCUT2D eigenvalue weighted by molar-refractivity contribution is 5.94. The van der Waals surface area contributed by atoms with E-state index in [1.54, 1.807) is 42.5 Å². The summed E-state index contributed by atoms with van der Waals surface area (Å²) in [4.78, 5) is 11.9. The van der Waals surface area contributed by atoms with Crippen LogP contribution in [0.15, 0.2) is 42.5 Å². The third-order valence-electron chi connectivity index (χ3n) is 3.12. The molecule has 0 atom stereocenters. The van der Waals surface area contributed by atoms with Gasteiger partial charge in [0.1, 0.15) is 0 Å². The van der Waals surface area contributed by atoms with Gasteiger partial charge in [0.25, 0.3) is 0 Å². The molecule has 0 saturated heterocycles. The molecule has 0 fully saturated rings. The molecule has 2 N–H and O–H groups in total. The van der Waals surface area contributed by atoms with Gasteiger partial charge >= 0.3 is 0 Å². The summed E-state index contributed by atoms with van der Waals surface area (Å²) < 4.78 is 10.5. The SMILES string of the molecule is N#Cc1ccc(NCC(=O)Nc2ccc3c(c2)OCO3)cc1. The first-order valence-electron chi connectivity index (χ1n) is 6.68. The molecule has 6 nitrogen and oxygen atoms in total. The molecule has 0 spiro atoms. The molecule has 22 heavy (non-hydrogen) atoms. The maximum Gasteiger partial charge on any atom is 0.243 e. The van der Waals surface area contributed by atoms with Crippen molar-refractivity contribution in [3.8, 4) is 17.6 Å². The molecule has 3 rings (SSSR count). The van der Waals surface area contributed by atoms with Gasteiger partial charge in [0.15, 0.2) is 11.5 Å². The van der Waals surface area contributed by atoms with E-state index in [0.29, 0.717) is 22.7 Å². The Bertz CT molecular complexity index is 735. The van der Waals surface area contributed by atoms with Gasteiger partial charge in [-0.15, -0.1) is 0 Å². The van der Waals surface area contributed by atoms with Gasteiger partial charge in [-0.25, -0.2) is 0 Å². The summed E-state index contributed by atoms with van der Waals surface area (Å²) in [6.45, 7) is 0.327. The average Bonchev–Trinajstić information content (AvgIpc) is 3.01. The topological polar surface area (TPSA) is 83.4 Å². The van der Waals surface area contributed by atoms with E-state index in [-0.39, 0.29) is 19.2 Å². The monoisotopic (exact) mass is 295 g/mol. The molecule has 0 unspecified atom stereocenters. The number of hydrogen-bond acceptors (Lipinski definition) is 5. The number of anilines is 2.